The van der Waals surface area contributed by atoms with Crippen LogP contribution in [0.4, 0.5) is 0 Å². The highest BCUT2D eigenvalue weighted by molar-refractivity contribution is 7.89. The molecule has 0 aliphatic carbocycles. The first-order chi connectivity index (χ1) is 34.9. The van der Waals surface area contributed by atoms with E-state index in [-0.39, 0.29) is 0 Å². The van der Waals surface area contributed by atoms with E-state index in [0.717, 1.165) is 88.8 Å². The van der Waals surface area contributed by atoms with Gasteiger partial charge in [-0.2, -0.15) is 0 Å². The van der Waals surface area contributed by atoms with Crippen LogP contribution in [0.2, 0.25) is 60.4 Å². The van der Waals surface area contributed by atoms with Crippen LogP contribution in [-0.2, 0) is 0 Å². The summed E-state index contributed by atoms with van der Waals surface area (Å²) in [5, 5.41) is 0. The molecule has 5 heteroatoms. The molecule has 0 fully saturated rings. The summed E-state index contributed by atoms with van der Waals surface area (Å²) in [7, 11) is -7.13. The molecule has 7 atom stereocenters. The van der Waals surface area contributed by atoms with E-state index >= 15 is 0 Å². The number of rotatable bonds is 49. The van der Waals surface area contributed by atoms with Crippen LogP contribution in [0.15, 0.2) is 0 Å². The zero-order valence-corrected chi connectivity index (χ0v) is 62.4. The van der Waals surface area contributed by atoms with Crippen molar-refractivity contribution >= 4 is 38.0 Å². The minimum atomic E-state index is -2.02. The first kappa shape index (κ1) is 76.1. The van der Waals surface area contributed by atoms with Crippen LogP contribution in [0.3, 0.4) is 0 Å². The molecule has 0 aromatic heterocycles. The van der Waals surface area contributed by atoms with Crippen molar-refractivity contribution < 1.29 is 0 Å². The molecule has 0 heterocycles. The van der Waals surface area contributed by atoms with Crippen molar-refractivity contribution in [2.24, 2.45) is 88.8 Å². The first-order valence-electron chi connectivity index (χ1n) is 34.6. The second kappa shape index (κ2) is 41.1. The average molecular weight is 1130 g/mol. The van der Waals surface area contributed by atoms with Crippen LogP contribution >= 0.6 is 0 Å². The number of hydrogen-bond donors (Lipinski definition) is 0. The smallest absolute Gasteiger partial charge is 0.0380 e. The predicted octanol–water partition coefficient (Wildman–Crippen LogP) is 25.2. The SMILES string of the molecule is CC(C)CCCC(C)CC[Si](CC(C)C)([Si](CC[C@@H](C)CCCC(C)C)(CC(C)C)[Si](CC[C@@H](C)CCCC(C)C)CC(C)C)[Si](CC[C@@H](C)CCCC(C)C)(CC(C)C)[Si](CC[C@@H](C)CCCC(C)C)CC(C)C. The summed E-state index contributed by atoms with van der Waals surface area (Å²) >= 11 is 0. The lowest BCUT2D eigenvalue weighted by Gasteiger charge is -2.65. The molecule has 0 aromatic carbocycles. The molecular formula is C70H150Si5. The molecule has 3 unspecified atom stereocenters. The van der Waals surface area contributed by atoms with E-state index in [2.05, 4.69) is 173 Å². The van der Waals surface area contributed by atoms with Crippen LogP contribution in [0.25, 0.3) is 0 Å². The second-order valence-corrected chi connectivity index (χ2v) is 71.7. The Balaban J connectivity index is 9.49. The third kappa shape index (κ3) is 31.9. The van der Waals surface area contributed by atoms with E-state index in [1.807, 2.05) is 0 Å². The van der Waals surface area contributed by atoms with Crippen molar-refractivity contribution in [2.75, 3.05) is 0 Å². The zero-order valence-electron chi connectivity index (χ0n) is 57.4. The highest BCUT2D eigenvalue weighted by atomic mass is 29.9. The molecule has 0 saturated heterocycles. The van der Waals surface area contributed by atoms with E-state index in [1.54, 1.807) is 92.5 Å². The lowest BCUT2D eigenvalue weighted by molar-refractivity contribution is 0.445. The Morgan fingerprint density at radius 3 is 0.693 bits per heavy atom. The van der Waals surface area contributed by atoms with Gasteiger partial charge in [0.1, 0.15) is 0 Å². The Morgan fingerprint density at radius 2 is 0.467 bits per heavy atom. The van der Waals surface area contributed by atoms with E-state index < -0.39 is 38.0 Å². The van der Waals surface area contributed by atoms with Crippen LogP contribution in [0, 0.1) is 88.8 Å². The maximum absolute atomic E-state index is 2.83. The van der Waals surface area contributed by atoms with Crippen molar-refractivity contribution in [3.05, 3.63) is 0 Å². The molecule has 0 saturated carbocycles. The van der Waals surface area contributed by atoms with Gasteiger partial charge in [0.25, 0.3) is 0 Å². The Labute approximate surface area is 485 Å². The van der Waals surface area contributed by atoms with Crippen LogP contribution < -0.4 is 0 Å². The lowest BCUT2D eigenvalue weighted by atomic mass is 9.98. The van der Waals surface area contributed by atoms with Gasteiger partial charge in [-0.15, -0.1) is 0 Å². The Kier molecular flexibility index (Phi) is 41.7. The largest absolute Gasteiger partial charge is 0.0631 e. The monoisotopic (exact) mass is 1130 g/mol. The van der Waals surface area contributed by atoms with Crippen molar-refractivity contribution in [3.8, 4) is 0 Å². The Hall–Kier alpha value is 1.08. The van der Waals surface area contributed by atoms with Gasteiger partial charge in [-0.3, -0.25) is 0 Å². The molecule has 0 nitrogen and oxygen atoms in total. The van der Waals surface area contributed by atoms with Crippen molar-refractivity contribution in [2.45, 2.75) is 362 Å². The van der Waals surface area contributed by atoms with Gasteiger partial charge in [-0.1, -0.05) is 362 Å². The van der Waals surface area contributed by atoms with Crippen LogP contribution in [0.1, 0.15) is 302 Å². The van der Waals surface area contributed by atoms with E-state index in [4.69, 9.17) is 0 Å². The lowest BCUT2D eigenvalue weighted by Crippen LogP contribution is -2.86. The van der Waals surface area contributed by atoms with Crippen molar-refractivity contribution in [3.63, 3.8) is 0 Å². The van der Waals surface area contributed by atoms with Gasteiger partial charge in [0, 0.05) is 38.0 Å². The summed E-state index contributed by atoms with van der Waals surface area (Å²) in [5.74, 6) is 12.8. The molecule has 450 valence electrons. The molecule has 0 amide bonds. The molecule has 2 radical (unpaired) electrons. The maximum atomic E-state index is 2.83. The average Bonchev–Trinajstić information content (AvgIpc) is 3.26. The summed E-state index contributed by atoms with van der Waals surface area (Å²) in [4.78, 5) is 0. The minimum Gasteiger partial charge on any atom is -0.0631 e. The summed E-state index contributed by atoms with van der Waals surface area (Å²) in [5.41, 5.74) is 0. The minimum absolute atomic E-state index is 0.616. The quantitative estimate of drug-likeness (QED) is 0.0533. The van der Waals surface area contributed by atoms with Crippen molar-refractivity contribution in [1.82, 2.24) is 0 Å². The standard InChI is InChI=1S/C70H150Si5/c1-56(2)31-26-36-66(21)41-46-71(51-61(11)12)73(53-63(15)16,48-43-68(23)38-28-33-58(5)6)75(55-65(19)20,50-45-70(25)40-30-35-60(9)10)74(54-64(17)18,49-44-69(24)39-29-34-59(7)8)72(52-62(13)14)47-42-67(22)37-27-32-57(3)4/h56-70H,26-55H2,1-25H3/t66-,67-,68-,69-,70?,73?,74?,75?/m0/s1. The summed E-state index contributed by atoms with van der Waals surface area (Å²) in [6, 6.07) is 17.2. The fourth-order valence-electron chi connectivity index (χ4n) is 15.4. The van der Waals surface area contributed by atoms with Crippen LogP contribution in [-0.4, -0.2) is 38.0 Å². The third-order valence-electron chi connectivity index (χ3n) is 19.2. The second-order valence-electron chi connectivity index (χ2n) is 32.3. The summed E-state index contributed by atoms with van der Waals surface area (Å²) in [6.45, 7) is 66.5. The molecule has 0 N–H and O–H groups in total. The maximum Gasteiger partial charge on any atom is 0.0380 e. The topological polar surface area (TPSA) is 0 Å². The van der Waals surface area contributed by atoms with Crippen molar-refractivity contribution in [1.29, 1.82) is 0 Å². The molecule has 0 aliphatic heterocycles. The normalized spacial score (nSPS) is 17.6. The third-order valence-corrected chi connectivity index (χ3v) is 96.1. The molecule has 75 heavy (non-hydrogen) atoms. The van der Waals surface area contributed by atoms with Crippen LogP contribution in [0.5, 0.6) is 0 Å². The van der Waals surface area contributed by atoms with E-state index in [0.29, 0.717) is 0 Å². The molecular weight excluding hydrogens is 981 g/mol. The molecule has 0 aromatic rings. The predicted molar refractivity (Wildman–Crippen MR) is 363 cm³/mol. The Morgan fingerprint density at radius 1 is 0.227 bits per heavy atom. The molecule has 0 bridgehead atoms. The summed E-state index contributed by atoms with van der Waals surface area (Å²) < 4.78 is 0. The van der Waals surface area contributed by atoms with E-state index in [9.17, 15) is 0 Å². The van der Waals surface area contributed by atoms with Gasteiger partial charge in [-0.25, -0.2) is 0 Å². The van der Waals surface area contributed by atoms with Gasteiger partial charge >= 0.3 is 0 Å². The highest BCUT2D eigenvalue weighted by Crippen LogP contribution is 2.55. The first-order valence-corrected chi connectivity index (χ1v) is 49.7. The zero-order chi connectivity index (χ0) is 57.5. The van der Waals surface area contributed by atoms with Gasteiger partial charge in [0.2, 0.25) is 0 Å². The molecule has 0 rings (SSSR count). The fraction of sp³-hybridized carbons (Fsp3) is 1.00. The van der Waals surface area contributed by atoms with Gasteiger partial charge in [0.05, 0.1) is 0 Å². The fourth-order valence-corrected chi connectivity index (χ4v) is 134. The molecule has 0 spiro atoms. The molecule has 0 aliphatic rings. The Bertz CT molecular complexity index is 1240. The van der Waals surface area contributed by atoms with Gasteiger partial charge in [0.15, 0.2) is 0 Å². The van der Waals surface area contributed by atoms with E-state index in [1.165, 1.54) is 96.3 Å². The number of hydrogen-bond acceptors (Lipinski definition) is 0. The highest BCUT2D eigenvalue weighted by Gasteiger charge is 2.68. The van der Waals surface area contributed by atoms with Gasteiger partial charge in [-0.05, 0) is 88.8 Å². The summed E-state index contributed by atoms with van der Waals surface area (Å²) in [6.07, 6.45) is 29.6. The van der Waals surface area contributed by atoms with Gasteiger partial charge < -0.3 is 0 Å².